The second-order valence-corrected chi connectivity index (χ2v) is 6.37. The third-order valence-electron chi connectivity index (χ3n) is 2.60. The van der Waals surface area contributed by atoms with Crippen LogP contribution in [0.1, 0.15) is 27.2 Å². The van der Waals surface area contributed by atoms with Gasteiger partial charge in [-0.3, -0.25) is 4.79 Å². The van der Waals surface area contributed by atoms with Crippen LogP contribution in [0.4, 0.5) is 0 Å². The lowest BCUT2D eigenvalue weighted by molar-refractivity contribution is -0.240. The highest BCUT2D eigenvalue weighted by atomic mass is 32.2. The van der Waals surface area contributed by atoms with Gasteiger partial charge in [-0.05, 0) is 27.2 Å². The highest BCUT2D eigenvalue weighted by Crippen LogP contribution is 2.39. The summed E-state index contributed by atoms with van der Waals surface area (Å²) < 4.78 is 5.44. The van der Waals surface area contributed by atoms with Crippen LogP contribution in [-0.4, -0.2) is 45.0 Å². The summed E-state index contributed by atoms with van der Waals surface area (Å²) in [5, 5.41) is 10.4. The maximum Gasteiger partial charge on any atom is 0.217 e. The predicted molar refractivity (Wildman–Crippen MR) is 58.3 cm³/mol. The summed E-state index contributed by atoms with van der Waals surface area (Å²) in [5.74, 6) is 0. The van der Waals surface area contributed by atoms with Gasteiger partial charge in [-0.1, -0.05) is 11.8 Å². The molecular formula is C10H17NO3S. The third-order valence-corrected chi connectivity index (χ3v) is 3.78. The molecular weight excluding hydrogens is 214 g/mol. The van der Waals surface area contributed by atoms with E-state index < -0.39 is 12.0 Å². The molecule has 0 aromatic heterocycles. The monoisotopic (exact) mass is 231 g/mol. The van der Waals surface area contributed by atoms with Gasteiger partial charge in [-0.15, -0.1) is 0 Å². The van der Waals surface area contributed by atoms with Crippen LogP contribution in [0.2, 0.25) is 0 Å². The average molecular weight is 231 g/mol. The van der Waals surface area contributed by atoms with Crippen molar-refractivity contribution in [1.29, 1.82) is 0 Å². The Kier molecular flexibility index (Phi) is 2.83. The van der Waals surface area contributed by atoms with Gasteiger partial charge in [0.25, 0.3) is 0 Å². The van der Waals surface area contributed by atoms with E-state index in [2.05, 4.69) is 0 Å². The lowest BCUT2D eigenvalue weighted by Gasteiger charge is -2.33. The highest BCUT2D eigenvalue weighted by Gasteiger charge is 2.48. The van der Waals surface area contributed by atoms with Gasteiger partial charge in [-0.2, -0.15) is 0 Å². The first-order chi connectivity index (χ1) is 6.87. The van der Waals surface area contributed by atoms with E-state index in [4.69, 9.17) is 4.74 Å². The van der Waals surface area contributed by atoms with Crippen molar-refractivity contribution in [3.05, 3.63) is 0 Å². The Morgan fingerprint density at radius 2 is 2.27 bits per heavy atom. The van der Waals surface area contributed by atoms with Crippen molar-refractivity contribution in [2.75, 3.05) is 6.54 Å². The molecule has 0 radical (unpaired) electrons. The highest BCUT2D eigenvalue weighted by molar-refractivity contribution is 8.14. The largest absolute Gasteiger partial charge is 0.356 e. The predicted octanol–water partition coefficient (Wildman–Crippen LogP) is 0.794. The molecule has 2 aliphatic rings. The number of rotatable bonds is 2. The van der Waals surface area contributed by atoms with Crippen LogP contribution in [0.25, 0.3) is 0 Å². The molecule has 4 nitrogen and oxygen atoms in total. The number of ether oxygens (including phenoxy) is 1. The quantitative estimate of drug-likeness (QED) is 0.712. The Balaban J connectivity index is 1.98. The summed E-state index contributed by atoms with van der Waals surface area (Å²) in [5.41, 5.74) is -0.391. The van der Waals surface area contributed by atoms with Crippen molar-refractivity contribution >= 4 is 16.9 Å². The fourth-order valence-electron chi connectivity index (χ4n) is 2.01. The van der Waals surface area contributed by atoms with Gasteiger partial charge in [-0.25, -0.2) is 4.90 Å². The molecule has 0 aromatic carbocycles. The standard InChI is InChI=1S/C10H17NO3S/c1-10(2,3)14-9(13)11-5-6-4-7(11)8(12)15-6/h6-7,9,13H,4-5H2,1-3H3. The molecule has 1 N–H and O–H groups in total. The third kappa shape index (κ3) is 2.36. The minimum absolute atomic E-state index is 0.141. The van der Waals surface area contributed by atoms with E-state index in [-0.39, 0.29) is 11.2 Å². The lowest BCUT2D eigenvalue weighted by atomic mass is 10.2. The summed E-state index contributed by atoms with van der Waals surface area (Å²) in [4.78, 5) is 13.2. The van der Waals surface area contributed by atoms with Crippen LogP contribution in [0.15, 0.2) is 0 Å². The zero-order chi connectivity index (χ0) is 11.2. The molecule has 0 amide bonds. The SMILES string of the molecule is CC(C)(C)OC(O)N1CC2CC1C(=O)S2. The molecule has 0 spiro atoms. The second-order valence-electron chi connectivity index (χ2n) is 5.06. The number of hydrogen-bond donors (Lipinski definition) is 1. The van der Waals surface area contributed by atoms with Crippen molar-refractivity contribution in [2.24, 2.45) is 0 Å². The minimum atomic E-state index is -0.954. The van der Waals surface area contributed by atoms with Crippen LogP contribution >= 0.6 is 11.8 Å². The van der Waals surface area contributed by atoms with Crippen molar-refractivity contribution in [3.63, 3.8) is 0 Å². The molecule has 0 aliphatic carbocycles. The Morgan fingerprint density at radius 3 is 2.73 bits per heavy atom. The summed E-state index contributed by atoms with van der Waals surface area (Å²) in [7, 11) is 0. The van der Waals surface area contributed by atoms with Crippen LogP contribution < -0.4 is 0 Å². The molecule has 2 rings (SSSR count). The summed E-state index contributed by atoms with van der Waals surface area (Å²) in [6.45, 7) is 6.42. The molecule has 2 saturated heterocycles. The van der Waals surface area contributed by atoms with Gasteiger partial charge in [0, 0.05) is 11.8 Å². The van der Waals surface area contributed by atoms with Gasteiger partial charge in [0.2, 0.25) is 11.5 Å². The normalized spacial score (nSPS) is 33.7. The summed E-state index contributed by atoms with van der Waals surface area (Å²) >= 11 is 1.41. The fraction of sp³-hybridized carbons (Fsp3) is 0.900. The number of likely N-dealkylation sites (tertiary alicyclic amines) is 1. The van der Waals surface area contributed by atoms with Crippen LogP contribution in [-0.2, 0) is 9.53 Å². The molecule has 2 fully saturated rings. The Morgan fingerprint density at radius 1 is 1.60 bits per heavy atom. The average Bonchev–Trinajstić information content (AvgIpc) is 2.58. The van der Waals surface area contributed by atoms with Gasteiger partial charge >= 0.3 is 0 Å². The molecule has 0 saturated carbocycles. The molecule has 2 heterocycles. The van der Waals surface area contributed by atoms with E-state index >= 15 is 0 Å². The number of fused-ring (bicyclic) bond motifs is 2. The molecule has 0 aromatic rings. The topological polar surface area (TPSA) is 49.8 Å². The Hall–Kier alpha value is -0.100. The molecule has 5 heteroatoms. The zero-order valence-electron chi connectivity index (χ0n) is 9.27. The number of carbonyl (C=O) groups is 1. The van der Waals surface area contributed by atoms with Crippen LogP contribution in [0.5, 0.6) is 0 Å². The first kappa shape index (κ1) is 11.4. The van der Waals surface area contributed by atoms with Gasteiger partial charge in [0.1, 0.15) is 0 Å². The fourth-order valence-corrected chi connectivity index (χ4v) is 3.25. The number of aliphatic hydroxyl groups is 1. The van der Waals surface area contributed by atoms with E-state index in [1.165, 1.54) is 11.8 Å². The number of carbonyl (C=O) groups excluding carboxylic acids is 1. The van der Waals surface area contributed by atoms with E-state index in [1.54, 1.807) is 4.90 Å². The van der Waals surface area contributed by atoms with E-state index in [0.717, 1.165) is 13.0 Å². The Labute approximate surface area is 94.0 Å². The van der Waals surface area contributed by atoms with Crippen molar-refractivity contribution in [3.8, 4) is 0 Å². The molecule has 3 unspecified atom stereocenters. The number of hydrogen-bond acceptors (Lipinski definition) is 5. The maximum atomic E-state index is 11.5. The minimum Gasteiger partial charge on any atom is -0.356 e. The van der Waals surface area contributed by atoms with Crippen LogP contribution in [0, 0.1) is 0 Å². The van der Waals surface area contributed by atoms with Gasteiger partial charge in [0.05, 0.1) is 11.6 Å². The Bertz CT molecular complexity index is 276. The smallest absolute Gasteiger partial charge is 0.217 e. The lowest BCUT2D eigenvalue weighted by Crippen LogP contribution is -2.48. The van der Waals surface area contributed by atoms with E-state index in [9.17, 15) is 9.90 Å². The zero-order valence-corrected chi connectivity index (χ0v) is 10.1. The number of thioether (sulfide) groups is 1. The molecule has 3 atom stereocenters. The van der Waals surface area contributed by atoms with Crippen molar-refractivity contribution in [1.82, 2.24) is 4.90 Å². The van der Waals surface area contributed by atoms with Gasteiger partial charge in [0.15, 0.2) is 0 Å². The molecule has 15 heavy (non-hydrogen) atoms. The molecule has 2 bridgehead atoms. The summed E-state index contributed by atoms with van der Waals surface area (Å²) in [6, 6.07) is -0.141. The number of nitrogens with zero attached hydrogens (tertiary/aromatic N) is 1. The van der Waals surface area contributed by atoms with Crippen molar-refractivity contribution in [2.45, 2.75) is 50.5 Å². The number of aliphatic hydroxyl groups excluding tert-OH is 1. The molecule has 2 aliphatic heterocycles. The van der Waals surface area contributed by atoms with E-state index in [0.29, 0.717) is 5.25 Å². The van der Waals surface area contributed by atoms with E-state index in [1.807, 2.05) is 20.8 Å². The second kappa shape index (κ2) is 3.73. The first-order valence-electron chi connectivity index (χ1n) is 5.19. The van der Waals surface area contributed by atoms with Gasteiger partial charge < -0.3 is 9.84 Å². The van der Waals surface area contributed by atoms with Crippen molar-refractivity contribution < 1.29 is 14.6 Å². The first-order valence-corrected chi connectivity index (χ1v) is 6.07. The summed E-state index contributed by atoms with van der Waals surface area (Å²) in [6.07, 6.45) is -0.0986. The van der Waals surface area contributed by atoms with Crippen LogP contribution in [0.3, 0.4) is 0 Å². The maximum absolute atomic E-state index is 11.5. The molecule has 86 valence electrons.